The van der Waals surface area contributed by atoms with Crippen molar-refractivity contribution in [3.63, 3.8) is 0 Å². The van der Waals surface area contributed by atoms with Crippen molar-refractivity contribution in [3.05, 3.63) is 66.7 Å². The molecule has 2 unspecified atom stereocenters. The highest BCUT2D eigenvalue weighted by Gasteiger charge is 2.60. The quantitative estimate of drug-likeness (QED) is 0.630. The van der Waals surface area contributed by atoms with Crippen molar-refractivity contribution < 1.29 is 22.7 Å². The number of anilines is 2. The van der Waals surface area contributed by atoms with E-state index in [2.05, 4.69) is 4.72 Å². The highest BCUT2D eigenvalue weighted by Crippen LogP contribution is 2.46. The highest BCUT2D eigenvalue weighted by atomic mass is 32.2. The monoisotopic (exact) mass is 396 g/mol. The zero-order valence-corrected chi connectivity index (χ0v) is 15.4. The summed E-state index contributed by atoms with van der Waals surface area (Å²) in [5.41, 5.74) is 0.815. The number of hydrogen-bond donors (Lipinski definition) is 1. The number of sulfonamides is 1. The van der Waals surface area contributed by atoms with Crippen LogP contribution in [0, 0.1) is 11.8 Å². The summed E-state index contributed by atoms with van der Waals surface area (Å²) < 4.78 is 33.2. The van der Waals surface area contributed by atoms with Crippen LogP contribution in [0.4, 0.5) is 11.4 Å². The van der Waals surface area contributed by atoms with E-state index >= 15 is 0 Å². The molecule has 142 valence electrons. The molecule has 5 rings (SSSR count). The number of fused-ring (bicyclic) bond motifs is 5. The van der Waals surface area contributed by atoms with E-state index < -0.39 is 21.9 Å². The second-order valence-electron chi connectivity index (χ2n) is 6.98. The van der Waals surface area contributed by atoms with Crippen LogP contribution in [0.3, 0.4) is 0 Å². The van der Waals surface area contributed by atoms with E-state index in [1.807, 2.05) is 12.2 Å². The van der Waals surface area contributed by atoms with Crippen LogP contribution >= 0.6 is 0 Å². The van der Waals surface area contributed by atoms with Crippen molar-refractivity contribution in [1.82, 2.24) is 0 Å². The van der Waals surface area contributed by atoms with E-state index in [-0.39, 0.29) is 28.9 Å². The summed E-state index contributed by atoms with van der Waals surface area (Å²) in [5, 5.41) is 0. The molecular formula is C20H16N2O5S. The Bertz CT molecular complexity index is 1070. The smallest absolute Gasteiger partial charge is 0.261 e. The molecule has 1 N–H and O–H groups in total. The Morgan fingerprint density at radius 2 is 1.39 bits per heavy atom. The zero-order chi connectivity index (χ0) is 19.5. The molecule has 2 aromatic rings. The normalized spacial score (nSPS) is 28.1. The summed E-state index contributed by atoms with van der Waals surface area (Å²) in [7, 11) is -3.77. The topological polar surface area (TPSA) is 92.8 Å². The molecule has 0 radical (unpaired) electrons. The van der Waals surface area contributed by atoms with E-state index in [1.165, 1.54) is 24.3 Å². The molecule has 2 fully saturated rings. The Hall–Kier alpha value is -2.97. The second-order valence-corrected chi connectivity index (χ2v) is 8.66. The number of para-hydroxylation sites is 1. The average Bonchev–Trinajstić information content (AvgIpc) is 3.36. The lowest BCUT2D eigenvalue weighted by atomic mass is 9.85. The number of hydrogen-bond acceptors (Lipinski definition) is 5. The average molecular weight is 396 g/mol. The van der Waals surface area contributed by atoms with Gasteiger partial charge < -0.3 is 4.74 Å². The fraction of sp³-hybridized carbons (Fsp3) is 0.200. The Morgan fingerprint density at radius 1 is 0.821 bits per heavy atom. The fourth-order valence-corrected chi connectivity index (χ4v) is 5.11. The largest absolute Gasteiger partial charge is 0.365 e. The maximum absolute atomic E-state index is 12.8. The van der Waals surface area contributed by atoms with E-state index in [0.717, 1.165) is 4.90 Å². The minimum absolute atomic E-state index is 0.0458. The molecule has 3 aliphatic heterocycles. The summed E-state index contributed by atoms with van der Waals surface area (Å²) in [6, 6.07) is 14.3. The van der Waals surface area contributed by atoms with Gasteiger partial charge in [-0.2, -0.15) is 0 Å². The lowest BCUT2D eigenvalue weighted by Gasteiger charge is -2.18. The first-order chi connectivity index (χ1) is 13.5. The number of carbonyl (C=O) groups is 2. The van der Waals surface area contributed by atoms with Gasteiger partial charge in [-0.05, 0) is 36.4 Å². The minimum Gasteiger partial charge on any atom is -0.365 e. The summed E-state index contributed by atoms with van der Waals surface area (Å²) in [5.74, 6) is -1.59. The van der Waals surface area contributed by atoms with Crippen LogP contribution in [0.25, 0.3) is 0 Å². The van der Waals surface area contributed by atoms with Gasteiger partial charge in [-0.15, -0.1) is 0 Å². The molecule has 8 heteroatoms. The van der Waals surface area contributed by atoms with Crippen molar-refractivity contribution >= 4 is 33.2 Å². The van der Waals surface area contributed by atoms with E-state index in [1.54, 1.807) is 30.3 Å². The number of imide groups is 1. The standard InChI is InChI=1S/C20H16N2O5S/c23-19-17-15-10-11-16(27-15)18(17)20(24)22(19)13-6-8-14(9-7-13)28(25,26)21-12-4-2-1-3-5-12/h1-11,15-18,21H/t15-,16+,17?,18?. The molecule has 2 aromatic carbocycles. The number of benzene rings is 2. The van der Waals surface area contributed by atoms with Gasteiger partial charge in [-0.3, -0.25) is 14.3 Å². The van der Waals surface area contributed by atoms with Crippen LogP contribution in [0.2, 0.25) is 0 Å². The molecule has 7 nitrogen and oxygen atoms in total. The third-order valence-corrected chi connectivity index (χ3v) is 6.74. The van der Waals surface area contributed by atoms with Gasteiger partial charge >= 0.3 is 0 Å². The molecule has 0 spiro atoms. The summed E-state index contributed by atoms with van der Waals surface area (Å²) in [6.45, 7) is 0. The van der Waals surface area contributed by atoms with Crippen LogP contribution in [-0.2, 0) is 24.3 Å². The van der Waals surface area contributed by atoms with Gasteiger partial charge in [-0.1, -0.05) is 30.4 Å². The lowest BCUT2D eigenvalue weighted by Crippen LogP contribution is -2.34. The molecular weight excluding hydrogens is 380 g/mol. The highest BCUT2D eigenvalue weighted by molar-refractivity contribution is 7.92. The number of rotatable bonds is 4. The van der Waals surface area contributed by atoms with Crippen molar-refractivity contribution in [3.8, 4) is 0 Å². The van der Waals surface area contributed by atoms with E-state index in [4.69, 9.17) is 4.74 Å². The first kappa shape index (κ1) is 17.2. The van der Waals surface area contributed by atoms with Gasteiger partial charge in [0.2, 0.25) is 11.8 Å². The molecule has 2 saturated heterocycles. The Balaban J connectivity index is 1.40. The fourth-order valence-electron chi connectivity index (χ4n) is 4.05. The van der Waals surface area contributed by atoms with Gasteiger partial charge in [0, 0.05) is 5.69 Å². The van der Waals surface area contributed by atoms with Crippen LogP contribution in [0.5, 0.6) is 0 Å². The van der Waals surface area contributed by atoms with Gasteiger partial charge in [0.25, 0.3) is 10.0 Å². The molecule has 28 heavy (non-hydrogen) atoms. The van der Waals surface area contributed by atoms with Crippen molar-refractivity contribution in [2.45, 2.75) is 17.1 Å². The third-order valence-electron chi connectivity index (χ3n) is 5.34. The van der Waals surface area contributed by atoms with Crippen molar-refractivity contribution in [2.24, 2.45) is 11.8 Å². The van der Waals surface area contributed by atoms with Crippen molar-refractivity contribution in [2.75, 3.05) is 9.62 Å². The van der Waals surface area contributed by atoms with Crippen LogP contribution in [0.1, 0.15) is 0 Å². The molecule has 0 saturated carbocycles. The predicted molar refractivity (Wildman–Crippen MR) is 101 cm³/mol. The first-order valence-electron chi connectivity index (χ1n) is 8.85. The second kappa shape index (κ2) is 6.02. The van der Waals surface area contributed by atoms with Crippen molar-refractivity contribution in [1.29, 1.82) is 0 Å². The van der Waals surface area contributed by atoms with Crippen LogP contribution in [-0.4, -0.2) is 32.4 Å². The Labute approximate surface area is 161 Å². The van der Waals surface area contributed by atoms with Gasteiger partial charge in [-0.25, -0.2) is 13.3 Å². The summed E-state index contributed by atoms with van der Waals surface area (Å²) >= 11 is 0. The van der Waals surface area contributed by atoms with E-state index in [0.29, 0.717) is 11.4 Å². The SMILES string of the molecule is O=C1C2C(C(=O)N1c1ccc(S(=O)(=O)Nc3ccccc3)cc1)[C@H]1C=C[C@@H]2O1. The Kier molecular flexibility index (Phi) is 3.68. The zero-order valence-electron chi connectivity index (χ0n) is 14.6. The molecule has 0 aliphatic carbocycles. The maximum Gasteiger partial charge on any atom is 0.261 e. The lowest BCUT2D eigenvalue weighted by molar-refractivity contribution is -0.124. The van der Waals surface area contributed by atoms with Crippen LogP contribution < -0.4 is 9.62 Å². The third kappa shape index (κ3) is 2.49. The molecule has 4 atom stereocenters. The number of nitrogens with zero attached hydrogens (tertiary/aromatic N) is 1. The minimum atomic E-state index is -3.77. The van der Waals surface area contributed by atoms with Gasteiger partial charge in [0.15, 0.2) is 0 Å². The number of nitrogens with one attached hydrogen (secondary N) is 1. The van der Waals surface area contributed by atoms with Gasteiger partial charge in [0.05, 0.1) is 34.6 Å². The molecule has 3 aliphatic rings. The Morgan fingerprint density at radius 3 is 1.96 bits per heavy atom. The molecule has 2 bridgehead atoms. The van der Waals surface area contributed by atoms with Gasteiger partial charge in [0.1, 0.15) is 0 Å². The summed E-state index contributed by atoms with van der Waals surface area (Å²) in [6.07, 6.45) is 2.94. The van der Waals surface area contributed by atoms with E-state index in [9.17, 15) is 18.0 Å². The molecule has 3 heterocycles. The van der Waals surface area contributed by atoms with Crippen LogP contribution in [0.15, 0.2) is 71.6 Å². The maximum atomic E-state index is 12.8. The number of ether oxygens (including phenoxy) is 1. The number of carbonyl (C=O) groups excluding carboxylic acids is 2. The molecule has 2 amide bonds. The number of amides is 2. The first-order valence-corrected chi connectivity index (χ1v) is 10.3. The predicted octanol–water partition coefficient (Wildman–Crippen LogP) is 1.93. The summed E-state index contributed by atoms with van der Waals surface area (Å²) in [4.78, 5) is 26.7. The molecule has 0 aromatic heterocycles.